The van der Waals surface area contributed by atoms with Crippen LogP contribution in [0.1, 0.15) is 51.4 Å². The second kappa shape index (κ2) is 8.97. The molecule has 0 radical (unpaired) electrons. The van der Waals surface area contributed by atoms with E-state index < -0.39 is 0 Å². The summed E-state index contributed by atoms with van der Waals surface area (Å²) in [7, 11) is 0. The number of rotatable bonds is 1. The van der Waals surface area contributed by atoms with Crippen LogP contribution in [0, 0.1) is 23.7 Å². The fraction of sp³-hybridized carbons (Fsp3) is 0.619. The van der Waals surface area contributed by atoms with Gasteiger partial charge < -0.3 is 4.74 Å². The number of hydrogen-bond donors (Lipinski definition) is 0. The summed E-state index contributed by atoms with van der Waals surface area (Å²) in [6.45, 7) is 3.47. The van der Waals surface area contributed by atoms with Gasteiger partial charge in [-0.25, -0.2) is 0 Å². The Morgan fingerprint density at radius 3 is 1.87 bits per heavy atom. The topological polar surface area (TPSA) is 12.5 Å². The Labute approximate surface area is 141 Å². The Morgan fingerprint density at radius 2 is 1.39 bits per heavy atom. The van der Waals surface area contributed by atoms with E-state index in [1.54, 1.807) is 0 Å². The molecule has 23 heavy (non-hydrogen) atoms. The zero-order valence-electron chi connectivity index (χ0n) is 14.1. The van der Waals surface area contributed by atoms with E-state index in [0.29, 0.717) is 0 Å². The standard InChI is InChI=1S/C21H27NO/c1-3-7-19(8-4-1)11-13-21(22-15-17-23-18-16-22)14-12-20-9-5-2-6-10-20/h7,9,21H,1-6,8,10,15-18H2. The molecule has 0 aromatic heterocycles. The molecule has 0 bridgehead atoms. The molecule has 0 aromatic rings. The van der Waals surface area contributed by atoms with Crippen LogP contribution in [0.2, 0.25) is 0 Å². The monoisotopic (exact) mass is 309 g/mol. The molecule has 1 heterocycles. The molecule has 0 atom stereocenters. The molecule has 0 spiro atoms. The highest BCUT2D eigenvalue weighted by Gasteiger charge is 2.17. The number of hydrogen-bond acceptors (Lipinski definition) is 2. The van der Waals surface area contributed by atoms with Gasteiger partial charge in [0.1, 0.15) is 6.04 Å². The fourth-order valence-corrected chi connectivity index (χ4v) is 3.28. The molecule has 2 heteroatoms. The van der Waals surface area contributed by atoms with Crippen molar-refractivity contribution in [3.05, 3.63) is 23.3 Å². The minimum Gasteiger partial charge on any atom is -0.379 e. The first-order chi connectivity index (χ1) is 11.4. The first-order valence-electron chi connectivity index (χ1n) is 9.15. The van der Waals surface area contributed by atoms with Crippen LogP contribution < -0.4 is 0 Å². The first-order valence-corrected chi connectivity index (χ1v) is 9.15. The van der Waals surface area contributed by atoms with Gasteiger partial charge in [0.15, 0.2) is 0 Å². The third-order valence-corrected chi connectivity index (χ3v) is 4.73. The molecule has 122 valence electrons. The smallest absolute Gasteiger partial charge is 0.134 e. The van der Waals surface area contributed by atoms with Gasteiger partial charge in [0.25, 0.3) is 0 Å². The van der Waals surface area contributed by atoms with Crippen LogP contribution in [0.25, 0.3) is 0 Å². The van der Waals surface area contributed by atoms with Gasteiger partial charge in [0.2, 0.25) is 0 Å². The van der Waals surface area contributed by atoms with Crippen LogP contribution >= 0.6 is 0 Å². The second-order valence-electron chi connectivity index (χ2n) is 6.54. The fourth-order valence-electron chi connectivity index (χ4n) is 3.28. The molecule has 0 aromatic carbocycles. The van der Waals surface area contributed by atoms with Crippen molar-refractivity contribution >= 4 is 0 Å². The van der Waals surface area contributed by atoms with Crippen molar-refractivity contribution in [1.82, 2.24) is 4.90 Å². The summed E-state index contributed by atoms with van der Waals surface area (Å²) < 4.78 is 5.48. The van der Waals surface area contributed by atoms with E-state index in [1.165, 1.54) is 49.7 Å². The summed E-state index contributed by atoms with van der Waals surface area (Å²) in [5.41, 5.74) is 2.63. The third-order valence-electron chi connectivity index (χ3n) is 4.73. The largest absolute Gasteiger partial charge is 0.379 e. The van der Waals surface area contributed by atoms with Crippen molar-refractivity contribution < 1.29 is 4.74 Å². The van der Waals surface area contributed by atoms with E-state index >= 15 is 0 Å². The minimum absolute atomic E-state index is 0.0459. The lowest BCUT2D eigenvalue weighted by atomic mass is 9.99. The molecule has 3 rings (SSSR count). The van der Waals surface area contributed by atoms with Crippen molar-refractivity contribution in [1.29, 1.82) is 0 Å². The molecule has 0 saturated carbocycles. The lowest BCUT2D eigenvalue weighted by Gasteiger charge is -2.28. The molecule has 0 amide bonds. The lowest BCUT2D eigenvalue weighted by Crippen LogP contribution is -2.42. The van der Waals surface area contributed by atoms with Crippen LogP contribution in [0.15, 0.2) is 23.3 Å². The SMILES string of the molecule is C(#CC(C#CC1=CCCCC1)N1CCOCC1)C1=CCCCC1. The van der Waals surface area contributed by atoms with Gasteiger partial charge in [-0.1, -0.05) is 35.8 Å². The minimum atomic E-state index is 0.0459. The molecule has 3 aliphatic rings. The van der Waals surface area contributed by atoms with Crippen LogP contribution in [0.3, 0.4) is 0 Å². The summed E-state index contributed by atoms with van der Waals surface area (Å²) in [5, 5.41) is 0. The van der Waals surface area contributed by atoms with Gasteiger partial charge in [0.05, 0.1) is 13.2 Å². The Bertz CT molecular complexity index is 528. The summed E-state index contributed by atoms with van der Waals surface area (Å²) >= 11 is 0. The maximum Gasteiger partial charge on any atom is 0.134 e. The maximum atomic E-state index is 5.48. The molecular weight excluding hydrogens is 282 g/mol. The molecule has 2 aliphatic carbocycles. The maximum absolute atomic E-state index is 5.48. The van der Waals surface area contributed by atoms with Crippen molar-refractivity contribution in [2.24, 2.45) is 0 Å². The van der Waals surface area contributed by atoms with Gasteiger partial charge in [-0.15, -0.1) is 0 Å². The van der Waals surface area contributed by atoms with Crippen molar-refractivity contribution in [3.8, 4) is 23.7 Å². The van der Waals surface area contributed by atoms with Gasteiger partial charge >= 0.3 is 0 Å². The predicted molar refractivity (Wildman–Crippen MR) is 94.8 cm³/mol. The Balaban J connectivity index is 1.73. The molecule has 2 nitrogen and oxygen atoms in total. The zero-order valence-corrected chi connectivity index (χ0v) is 14.1. The quantitative estimate of drug-likeness (QED) is 0.685. The summed E-state index contributed by atoms with van der Waals surface area (Å²) in [4.78, 5) is 2.37. The van der Waals surface area contributed by atoms with E-state index in [1.807, 2.05) is 0 Å². The second-order valence-corrected chi connectivity index (χ2v) is 6.54. The molecule has 1 fully saturated rings. The highest BCUT2D eigenvalue weighted by Crippen LogP contribution is 2.17. The summed E-state index contributed by atoms with van der Waals surface area (Å²) in [6, 6.07) is 0.0459. The van der Waals surface area contributed by atoms with E-state index in [4.69, 9.17) is 4.74 Å². The molecule has 0 N–H and O–H groups in total. The molecule has 1 aliphatic heterocycles. The Hall–Kier alpha value is -1.48. The zero-order chi connectivity index (χ0) is 15.7. The number of allylic oxidation sites excluding steroid dienone is 4. The third kappa shape index (κ3) is 5.28. The van der Waals surface area contributed by atoms with Crippen LogP contribution in [0.4, 0.5) is 0 Å². The Kier molecular flexibility index (Phi) is 6.39. The number of morpholine rings is 1. The first kappa shape index (κ1) is 16.4. The van der Waals surface area contributed by atoms with Crippen LogP contribution in [-0.4, -0.2) is 37.2 Å². The normalized spacial score (nSPS) is 22.3. The van der Waals surface area contributed by atoms with Gasteiger partial charge in [0, 0.05) is 13.1 Å². The molecule has 0 unspecified atom stereocenters. The average Bonchev–Trinajstić information content (AvgIpc) is 2.64. The lowest BCUT2D eigenvalue weighted by molar-refractivity contribution is 0.0356. The van der Waals surface area contributed by atoms with E-state index in [2.05, 4.69) is 40.7 Å². The van der Waals surface area contributed by atoms with Gasteiger partial charge in [-0.05, 0) is 62.5 Å². The Morgan fingerprint density at radius 1 is 0.826 bits per heavy atom. The highest BCUT2D eigenvalue weighted by atomic mass is 16.5. The average molecular weight is 309 g/mol. The van der Waals surface area contributed by atoms with E-state index in [0.717, 1.165) is 39.1 Å². The summed E-state index contributed by atoms with van der Waals surface area (Å²) in [6.07, 6.45) is 14.5. The van der Waals surface area contributed by atoms with Gasteiger partial charge in [-0.2, -0.15) is 0 Å². The van der Waals surface area contributed by atoms with E-state index in [9.17, 15) is 0 Å². The van der Waals surface area contributed by atoms with Gasteiger partial charge in [-0.3, -0.25) is 4.90 Å². The van der Waals surface area contributed by atoms with Crippen molar-refractivity contribution in [2.75, 3.05) is 26.3 Å². The highest BCUT2D eigenvalue weighted by molar-refractivity contribution is 5.38. The number of ether oxygens (including phenoxy) is 1. The van der Waals surface area contributed by atoms with Crippen LogP contribution in [-0.2, 0) is 4.74 Å². The summed E-state index contributed by atoms with van der Waals surface area (Å²) in [5.74, 6) is 13.7. The van der Waals surface area contributed by atoms with Crippen molar-refractivity contribution in [2.45, 2.75) is 57.4 Å². The van der Waals surface area contributed by atoms with E-state index in [-0.39, 0.29) is 6.04 Å². The number of nitrogens with zero attached hydrogens (tertiary/aromatic N) is 1. The molecular formula is C21H27NO. The molecule has 1 saturated heterocycles. The van der Waals surface area contributed by atoms with Crippen molar-refractivity contribution in [3.63, 3.8) is 0 Å². The van der Waals surface area contributed by atoms with Crippen LogP contribution in [0.5, 0.6) is 0 Å². The predicted octanol–water partition coefficient (Wildman–Crippen LogP) is 3.69.